The van der Waals surface area contributed by atoms with E-state index in [0.29, 0.717) is 0 Å². The van der Waals surface area contributed by atoms with Crippen LogP contribution in [-0.4, -0.2) is 21.3 Å². The second-order valence-electron chi connectivity index (χ2n) is 5.33. The van der Waals surface area contributed by atoms with Crippen LogP contribution in [0.3, 0.4) is 0 Å². The molecular formula is C17H22O4. The quantitative estimate of drug-likeness (QED) is 0.696. The molecule has 4 nitrogen and oxygen atoms in total. The molecule has 4 heteroatoms. The number of phenols is 1. The van der Waals surface area contributed by atoms with E-state index in [2.05, 4.69) is 6.08 Å². The number of hydrogen-bond acceptors (Lipinski definition) is 3. The number of allylic oxidation sites excluding steroid dienone is 3. The number of carboxylic acids is 1. The first-order valence-corrected chi connectivity index (χ1v) is 6.86. The maximum absolute atomic E-state index is 11.0. The van der Waals surface area contributed by atoms with Crippen LogP contribution in [0.15, 0.2) is 41.5 Å². The number of aromatic carboxylic acids is 1. The molecule has 0 amide bonds. The Kier molecular flexibility index (Phi) is 6.18. The molecule has 114 valence electrons. The molecule has 0 heterocycles. The second-order valence-corrected chi connectivity index (χ2v) is 5.33. The van der Waals surface area contributed by atoms with E-state index >= 15 is 0 Å². The first kappa shape index (κ1) is 17.0. The SMILES string of the molecule is CC(C)=CCC/C(C)=C/C(O)c1cccc(C(=O)O)c1O. The van der Waals surface area contributed by atoms with Crippen molar-refractivity contribution in [2.24, 2.45) is 0 Å². The van der Waals surface area contributed by atoms with Crippen molar-refractivity contribution in [1.82, 2.24) is 0 Å². The van der Waals surface area contributed by atoms with Crippen molar-refractivity contribution >= 4 is 5.97 Å². The Morgan fingerprint density at radius 1 is 1.29 bits per heavy atom. The number of carbonyl (C=O) groups is 1. The number of aliphatic hydroxyl groups is 1. The van der Waals surface area contributed by atoms with Gasteiger partial charge in [0, 0.05) is 5.56 Å². The lowest BCUT2D eigenvalue weighted by atomic mass is 10.0. The van der Waals surface area contributed by atoms with Gasteiger partial charge in [0.15, 0.2) is 0 Å². The van der Waals surface area contributed by atoms with Gasteiger partial charge in [0.1, 0.15) is 17.4 Å². The Labute approximate surface area is 125 Å². The zero-order chi connectivity index (χ0) is 16.0. The average Bonchev–Trinajstić information content (AvgIpc) is 2.37. The van der Waals surface area contributed by atoms with E-state index < -0.39 is 12.1 Å². The number of rotatable bonds is 6. The third kappa shape index (κ3) is 5.08. The molecule has 0 spiro atoms. The highest BCUT2D eigenvalue weighted by Gasteiger charge is 2.17. The number of carboxylic acid groups (broad SMARTS) is 1. The molecule has 0 fully saturated rings. The van der Waals surface area contributed by atoms with Crippen molar-refractivity contribution in [2.75, 3.05) is 0 Å². The molecule has 1 aromatic carbocycles. The zero-order valence-electron chi connectivity index (χ0n) is 12.6. The summed E-state index contributed by atoms with van der Waals surface area (Å²) >= 11 is 0. The predicted octanol–water partition coefficient (Wildman–Crippen LogP) is 3.82. The molecule has 0 aromatic heterocycles. The maximum Gasteiger partial charge on any atom is 0.339 e. The van der Waals surface area contributed by atoms with Gasteiger partial charge in [0.2, 0.25) is 0 Å². The summed E-state index contributed by atoms with van der Waals surface area (Å²) in [6.07, 6.45) is 4.43. The van der Waals surface area contributed by atoms with Crippen LogP contribution in [0.5, 0.6) is 5.75 Å². The van der Waals surface area contributed by atoms with Crippen LogP contribution in [0.2, 0.25) is 0 Å². The molecule has 1 unspecified atom stereocenters. The Morgan fingerprint density at radius 2 is 1.95 bits per heavy atom. The molecule has 3 N–H and O–H groups in total. The summed E-state index contributed by atoms with van der Waals surface area (Å²) in [6, 6.07) is 4.33. The van der Waals surface area contributed by atoms with Gasteiger partial charge in [-0.05, 0) is 39.7 Å². The van der Waals surface area contributed by atoms with Crippen molar-refractivity contribution in [2.45, 2.75) is 39.7 Å². The van der Waals surface area contributed by atoms with Crippen LogP contribution in [0.25, 0.3) is 0 Å². The number of aliphatic hydroxyl groups excluding tert-OH is 1. The van der Waals surface area contributed by atoms with E-state index in [-0.39, 0.29) is 16.9 Å². The summed E-state index contributed by atoms with van der Waals surface area (Å²) in [5, 5.41) is 29.0. The Balaban J connectivity index is 2.88. The van der Waals surface area contributed by atoms with Crippen LogP contribution in [0, 0.1) is 0 Å². The monoisotopic (exact) mass is 290 g/mol. The molecule has 0 saturated heterocycles. The van der Waals surface area contributed by atoms with Gasteiger partial charge in [-0.3, -0.25) is 0 Å². The van der Waals surface area contributed by atoms with Crippen LogP contribution in [0.4, 0.5) is 0 Å². The lowest BCUT2D eigenvalue weighted by Gasteiger charge is -2.12. The van der Waals surface area contributed by atoms with Gasteiger partial charge in [0.25, 0.3) is 0 Å². The fourth-order valence-corrected chi connectivity index (χ4v) is 2.00. The minimum absolute atomic E-state index is 0.205. The molecule has 1 rings (SSSR count). The highest BCUT2D eigenvalue weighted by Crippen LogP contribution is 2.29. The zero-order valence-corrected chi connectivity index (χ0v) is 12.6. The molecule has 0 aliphatic heterocycles. The van der Waals surface area contributed by atoms with E-state index in [4.69, 9.17) is 5.11 Å². The molecule has 1 aromatic rings. The molecule has 0 aliphatic rings. The molecule has 0 aliphatic carbocycles. The summed E-state index contributed by atoms with van der Waals surface area (Å²) in [5.41, 5.74) is 2.23. The normalized spacial score (nSPS) is 12.9. The minimum Gasteiger partial charge on any atom is -0.507 e. The third-order valence-corrected chi connectivity index (χ3v) is 3.15. The van der Waals surface area contributed by atoms with Crippen LogP contribution >= 0.6 is 0 Å². The lowest BCUT2D eigenvalue weighted by Crippen LogP contribution is -2.02. The van der Waals surface area contributed by atoms with E-state index in [1.807, 2.05) is 20.8 Å². The number of para-hydroxylation sites is 1. The smallest absolute Gasteiger partial charge is 0.339 e. The summed E-state index contributed by atoms with van der Waals surface area (Å²) < 4.78 is 0. The van der Waals surface area contributed by atoms with Crippen LogP contribution in [0.1, 0.15) is 55.6 Å². The molecule has 21 heavy (non-hydrogen) atoms. The van der Waals surface area contributed by atoms with E-state index in [0.717, 1.165) is 18.4 Å². The summed E-state index contributed by atoms with van der Waals surface area (Å²) in [7, 11) is 0. The summed E-state index contributed by atoms with van der Waals surface area (Å²) in [4.78, 5) is 11.0. The van der Waals surface area contributed by atoms with Crippen molar-refractivity contribution in [3.8, 4) is 5.75 Å². The fourth-order valence-electron chi connectivity index (χ4n) is 2.00. The molecular weight excluding hydrogens is 268 g/mol. The van der Waals surface area contributed by atoms with Gasteiger partial charge < -0.3 is 15.3 Å². The molecule has 0 radical (unpaired) electrons. The van der Waals surface area contributed by atoms with Gasteiger partial charge in [-0.15, -0.1) is 0 Å². The predicted molar refractivity (Wildman–Crippen MR) is 82.4 cm³/mol. The highest BCUT2D eigenvalue weighted by molar-refractivity contribution is 5.91. The largest absolute Gasteiger partial charge is 0.507 e. The molecule has 1 atom stereocenters. The first-order valence-electron chi connectivity index (χ1n) is 6.86. The maximum atomic E-state index is 11.0. The Morgan fingerprint density at radius 3 is 2.52 bits per heavy atom. The van der Waals surface area contributed by atoms with Crippen molar-refractivity contribution in [3.05, 3.63) is 52.6 Å². The fraction of sp³-hybridized carbons (Fsp3) is 0.353. The van der Waals surface area contributed by atoms with Gasteiger partial charge in [-0.25, -0.2) is 4.79 Å². The topological polar surface area (TPSA) is 77.8 Å². The number of hydrogen-bond donors (Lipinski definition) is 3. The Hall–Kier alpha value is -2.07. The van der Waals surface area contributed by atoms with Gasteiger partial charge in [-0.2, -0.15) is 0 Å². The van der Waals surface area contributed by atoms with E-state index in [1.165, 1.54) is 23.8 Å². The highest BCUT2D eigenvalue weighted by atomic mass is 16.4. The number of benzene rings is 1. The summed E-state index contributed by atoms with van der Waals surface area (Å²) in [5.74, 6) is -1.60. The minimum atomic E-state index is -1.22. The third-order valence-electron chi connectivity index (χ3n) is 3.15. The van der Waals surface area contributed by atoms with Gasteiger partial charge in [0.05, 0.1) is 0 Å². The molecule has 0 bridgehead atoms. The first-order chi connectivity index (χ1) is 9.82. The lowest BCUT2D eigenvalue weighted by molar-refractivity contribution is 0.0693. The van der Waals surface area contributed by atoms with Crippen LogP contribution < -0.4 is 0 Å². The van der Waals surface area contributed by atoms with E-state index in [1.54, 1.807) is 6.08 Å². The summed E-state index contributed by atoms with van der Waals surface area (Å²) in [6.45, 7) is 5.97. The standard InChI is InChI=1S/C17H22O4/c1-11(2)6-4-7-12(3)10-15(18)13-8-5-9-14(16(13)19)17(20)21/h5-6,8-10,15,18-19H,4,7H2,1-3H3,(H,20,21)/b12-10+. The number of aromatic hydroxyl groups is 1. The van der Waals surface area contributed by atoms with Gasteiger partial charge in [-0.1, -0.05) is 35.4 Å². The second kappa shape index (κ2) is 7.64. The van der Waals surface area contributed by atoms with Crippen molar-refractivity contribution in [1.29, 1.82) is 0 Å². The average molecular weight is 290 g/mol. The van der Waals surface area contributed by atoms with Crippen LogP contribution in [-0.2, 0) is 0 Å². The van der Waals surface area contributed by atoms with Gasteiger partial charge >= 0.3 is 5.97 Å². The van der Waals surface area contributed by atoms with E-state index in [9.17, 15) is 15.0 Å². The van der Waals surface area contributed by atoms with Crippen molar-refractivity contribution < 1.29 is 20.1 Å². The Bertz CT molecular complexity index is 566. The van der Waals surface area contributed by atoms with Crippen molar-refractivity contribution in [3.63, 3.8) is 0 Å². The molecule has 0 saturated carbocycles.